The molecular weight excluding hydrogens is 506 g/mol. The summed E-state index contributed by atoms with van der Waals surface area (Å²) in [5, 5.41) is 17.3. The fourth-order valence-corrected chi connectivity index (χ4v) is 5.12. The number of ether oxygens (including phenoxy) is 1. The van der Waals surface area contributed by atoms with Gasteiger partial charge >= 0.3 is 5.97 Å². The van der Waals surface area contributed by atoms with Gasteiger partial charge in [-0.25, -0.2) is 4.79 Å². The highest BCUT2D eigenvalue weighted by molar-refractivity contribution is 8.03. The van der Waals surface area contributed by atoms with Crippen LogP contribution in [0, 0.1) is 11.3 Å². The zero-order valence-electron chi connectivity index (χ0n) is 20.0. The molecule has 3 aromatic rings. The topological polar surface area (TPSA) is 91.2 Å². The third-order valence-electron chi connectivity index (χ3n) is 5.63. The van der Waals surface area contributed by atoms with Crippen LogP contribution in [0.2, 0.25) is 5.02 Å². The van der Waals surface area contributed by atoms with E-state index < -0.39 is 11.9 Å². The number of nitriles is 1. The maximum atomic E-state index is 13.3. The van der Waals surface area contributed by atoms with Crippen LogP contribution >= 0.6 is 23.4 Å². The summed E-state index contributed by atoms with van der Waals surface area (Å²) in [6, 6.07) is 27.9. The first-order chi connectivity index (χ1) is 18.0. The van der Waals surface area contributed by atoms with E-state index in [1.165, 1.54) is 11.8 Å². The van der Waals surface area contributed by atoms with E-state index >= 15 is 0 Å². The summed E-state index contributed by atoms with van der Waals surface area (Å²) >= 11 is 7.78. The smallest absolute Gasteiger partial charge is 0.337 e. The average molecular weight is 530 g/mol. The highest BCUT2D eigenvalue weighted by Gasteiger charge is 2.38. The molecule has 2 N–H and O–H groups in total. The van der Waals surface area contributed by atoms with Crippen molar-refractivity contribution in [2.24, 2.45) is 0 Å². The third-order valence-corrected chi connectivity index (χ3v) is 6.99. The molecule has 0 fully saturated rings. The lowest BCUT2D eigenvalue weighted by atomic mass is 9.81. The van der Waals surface area contributed by atoms with Gasteiger partial charge in [-0.2, -0.15) is 5.26 Å². The Morgan fingerprint density at radius 2 is 1.68 bits per heavy atom. The van der Waals surface area contributed by atoms with Crippen LogP contribution in [0.4, 0.5) is 5.69 Å². The summed E-state index contributed by atoms with van der Waals surface area (Å²) in [7, 11) is 0. The first-order valence-electron chi connectivity index (χ1n) is 11.6. The van der Waals surface area contributed by atoms with Crippen molar-refractivity contribution in [3.05, 3.63) is 117 Å². The number of carbonyl (C=O) groups excluding carboxylic acids is 2. The number of anilines is 1. The standard InChI is InChI=1S/C29H24ClN3O3S/c1-2-36-29(35)26-25(21-15-9-10-16-23(21)30)22(17-31)28(33-27(26)19-11-5-3-6-12-19)37-18-24(34)32-20-13-7-4-8-14-20/h3-16,25,33H,2,18H2,1H3,(H,32,34)/t25-/m1/s1. The number of allylic oxidation sites excluding steroid dienone is 1. The molecule has 1 aliphatic rings. The number of benzene rings is 3. The molecule has 4 rings (SSSR count). The van der Waals surface area contributed by atoms with E-state index in [-0.39, 0.29) is 29.4 Å². The van der Waals surface area contributed by atoms with Crippen molar-refractivity contribution in [2.45, 2.75) is 12.8 Å². The second-order valence-corrected chi connectivity index (χ2v) is 9.40. The molecule has 1 atom stereocenters. The predicted octanol–water partition coefficient (Wildman–Crippen LogP) is 6.11. The Morgan fingerprint density at radius 1 is 1.03 bits per heavy atom. The van der Waals surface area contributed by atoms with Crippen LogP contribution in [0.15, 0.2) is 101 Å². The zero-order valence-corrected chi connectivity index (χ0v) is 21.6. The number of nitrogens with zero attached hydrogens (tertiary/aromatic N) is 1. The van der Waals surface area contributed by atoms with Gasteiger partial charge in [-0.05, 0) is 36.2 Å². The fraction of sp³-hybridized carbons (Fsp3) is 0.138. The first kappa shape index (κ1) is 26.1. The number of hydrogen-bond acceptors (Lipinski definition) is 6. The van der Waals surface area contributed by atoms with Gasteiger partial charge in [-0.3, -0.25) is 4.79 Å². The SMILES string of the molecule is CCOC(=O)C1=C(c2ccccc2)NC(SCC(=O)Nc2ccccc2)=C(C#N)[C@H]1c1ccccc1Cl. The molecule has 0 saturated heterocycles. The summed E-state index contributed by atoms with van der Waals surface area (Å²) in [6.07, 6.45) is 0. The zero-order chi connectivity index (χ0) is 26.2. The molecule has 0 unspecified atom stereocenters. The van der Waals surface area contributed by atoms with Crippen molar-refractivity contribution in [2.75, 3.05) is 17.7 Å². The monoisotopic (exact) mass is 529 g/mol. The van der Waals surface area contributed by atoms with Crippen molar-refractivity contribution in [3.63, 3.8) is 0 Å². The van der Waals surface area contributed by atoms with Crippen molar-refractivity contribution in [3.8, 4) is 6.07 Å². The lowest BCUT2D eigenvalue weighted by Gasteiger charge is -2.31. The molecule has 1 aliphatic heterocycles. The molecule has 0 aromatic heterocycles. The number of thioether (sulfide) groups is 1. The van der Waals surface area contributed by atoms with Gasteiger partial charge in [-0.1, -0.05) is 90.1 Å². The number of amides is 1. The van der Waals surface area contributed by atoms with Gasteiger partial charge in [0.05, 0.1) is 46.2 Å². The normalized spacial score (nSPS) is 15.0. The van der Waals surface area contributed by atoms with Crippen LogP contribution in [-0.2, 0) is 14.3 Å². The Morgan fingerprint density at radius 3 is 2.32 bits per heavy atom. The quantitative estimate of drug-likeness (QED) is 0.342. The molecule has 0 saturated carbocycles. The highest BCUT2D eigenvalue weighted by atomic mass is 35.5. The first-order valence-corrected chi connectivity index (χ1v) is 13.0. The number of esters is 1. The summed E-state index contributed by atoms with van der Waals surface area (Å²) in [5.41, 5.74) is 3.11. The van der Waals surface area contributed by atoms with E-state index in [0.29, 0.717) is 27.0 Å². The molecular formula is C29H24ClN3O3S. The van der Waals surface area contributed by atoms with Crippen LogP contribution < -0.4 is 10.6 Å². The lowest BCUT2D eigenvalue weighted by Crippen LogP contribution is -2.30. The van der Waals surface area contributed by atoms with Crippen molar-refractivity contribution in [1.29, 1.82) is 5.26 Å². The number of halogens is 1. The summed E-state index contributed by atoms with van der Waals surface area (Å²) < 4.78 is 5.43. The average Bonchev–Trinajstić information content (AvgIpc) is 2.92. The number of nitrogens with one attached hydrogen (secondary N) is 2. The number of dihydropyridines is 1. The number of hydrogen-bond donors (Lipinski definition) is 2. The summed E-state index contributed by atoms with van der Waals surface area (Å²) in [4.78, 5) is 26.0. The molecule has 0 bridgehead atoms. The van der Waals surface area contributed by atoms with E-state index in [1.54, 1.807) is 37.3 Å². The lowest BCUT2D eigenvalue weighted by molar-refractivity contribution is -0.138. The second-order valence-electron chi connectivity index (χ2n) is 8.01. The Hall–Kier alpha value is -3.99. The van der Waals surface area contributed by atoms with E-state index in [4.69, 9.17) is 16.3 Å². The van der Waals surface area contributed by atoms with Crippen molar-refractivity contribution >= 4 is 46.6 Å². The molecule has 37 heavy (non-hydrogen) atoms. The largest absolute Gasteiger partial charge is 0.463 e. The van der Waals surface area contributed by atoms with Crippen LogP contribution in [-0.4, -0.2) is 24.2 Å². The Labute approximate surface area is 225 Å². The molecule has 3 aromatic carbocycles. The van der Waals surface area contributed by atoms with E-state index in [0.717, 1.165) is 5.56 Å². The van der Waals surface area contributed by atoms with Gasteiger partial charge in [0.25, 0.3) is 0 Å². The number of para-hydroxylation sites is 1. The highest BCUT2D eigenvalue weighted by Crippen LogP contribution is 2.45. The maximum absolute atomic E-state index is 13.3. The minimum atomic E-state index is -0.783. The molecule has 8 heteroatoms. The van der Waals surface area contributed by atoms with Crippen LogP contribution in [0.5, 0.6) is 0 Å². The Balaban J connectivity index is 1.79. The van der Waals surface area contributed by atoms with Crippen LogP contribution in [0.25, 0.3) is 5.70 Å². The number of rotatable bonds is 8. The minimum Gasteiger partial charge on any atom is -0.463 e. The summed E-state index contributed by atoms with van der Waals surface area (Å²) in [5.74, 6) is -1.50. The molecule has 186 valence electrons. The second kappa shape index (κ2) is 12.3. The van der Waals surface area contributed by atoms with E-state index in [1.807, 2.05) is 54.6 Å². The van der Waals surface area contributed by atoms with Crippen molar-refractivity contribution in [1.82, 2.24) is 5.32 Å². The van der Waals surface area contributed by atoms with Gasteiger partial charge in [0.1, 0.15) is 0 Å². The van der Waals surface area contributed by atoms with Gasteiger partial charge < -0.3 is 15.4 Å². The number of carbonyl (C=O) groups is 2. The predicted molar refractivity (Wildman–Crippen MR) is 147 cm³/mol. The van der Waals surface area contributed by atoms with Crippen LogP contribution in [0.3, 0.4) is 0 Å². The fourth-order valence-electron chi connectivity index (χ4n) is 4.03. The third kappa shape index (κ3) is 6.05. The van der Waals surface area contributed by atoms with E-state index in [2.05, 4.69) is 16.7 Å². The Kier molecular flexibility index (Phi) is 8.68. The Bertz CT molecular complexity index is 1400. The molecule has 6 nitrogen and oxygen atoms in total. The van der Waals surface area contributed by atoms with Crippen LogP contribution in [0.1, 0.15) is 24.0 Å². The maximum Gasteiger partial charge on any atom is 0.337 e. The molecule has 1 heterocycles. The van der Waals surface area contributed by atoms with Crippen molar-refractivity contribution < 1.29 is 14.3 Å². The molecule has 1 amide bonds. The van der Waals surface area contributed by atoms with Gasteiger partial charge in [0.2, 0.25) is 5.91 Å². The van der Waals surface area contributed by atoms with Gasteiger partial charge in [-0.15, -0.1) is 0 Å². The minimum absolute atomic E-state index is 0.0501. The van der Waals surface area contributed by atoms with E-state index in [9.17, 15) is 14.9 Å². The van der Waals surface area contributed by atoms with Gasteiger partial charge in [0.15, 0.2) is 0 Å². The van der Waals surface area contributed by atoms with Gasteiger partial charge in [0, 0.05) is 10.7 Å². The summed E-state index contributed by atoms with van der Waals surface area (Å²) in [6.45, 7) is 1.90. The molecule has 0 aliphatic carbocycles. The molecule has 0 radical (unpaired) electrons. The molecule has 0 spiro atoms.